The van der Waals surface area contributed by atoms with Crippen LogP contribution >= 0.6 is 11.6 Å². The van der Waals surface area contributed by atoms with Crippen LogP contribution in [0, 0.1) is 11.6 Å². The normalized spacial score (nSPS) is 11.1. The zero-order valence-corrected chi connectivity index (χ0v) is 16.4. The number of amides is 1. The van der Waals surface area contributed by atoms with Crippen LogP contribution in [0.2, 0.25) is 5.02 Å². The summed E-state index contributed by atoms with van der Waals surface area (Å²) in [5, 5.41) is 2.77. The Balaban J connectivity index is 1.92. The molecule has 9 heteroatoms. The molecule has 1 amide bonds. The van der Waals surface area contributed by atoms with E-state index in [1.54, 1.807) is 18.2 Å². The maximum absolute atomic E-state index is 13.4. The minimum absolute atomic E-state index is 0.00191. The quantitative estimate of drug-likeness (QED) is 0.620. The van der Waals surface area contributed by atoms with Gasteiger partial charge in [-0.3, -0.25) is 9.10 Å². The lowest BCUT2D eigenvalue weighted by atomic mass is 10.3. The van der Waals surface area contributed by atoms with Crippen molar-refractivity contribution in [2.75, 3.05) is 16.2 Å². The highest BCUT2D eigenvalue weighted by Gasteiger charge is 2.27. The summed E-state index contributed by atoms with van der Waals surface area (Å²) in [6.07, 6.45) is 0. The molecule has 0 spiro atoms. The van der Waals surface area contributed by atoms with Crippen LogP contribution in [0.5, 0.6) is 0 Å². The second-order valence-electron chi connectivity index (χ2n) is 5.98. The maximum Gasteiger partial charge on any atom is 0.264 e. The molecule has 0 aliphatic carbocycles. The number of benzene rings is 3. The van der Waals surface area contributed by atoms with E-state index >= 15 is 0 Å². The highest BCUT2D eigenvalue weighted by molar-refractivity contribution is 7.92. The van der Waals surface area contributed by atoms with Crippen molar-refractivity contribution in [3.05, 3.63) is 89.5 Å². The monoisotopic (exact) mass is 436 g/mol. The minimum Gasteiger partial charge on any atom is -0.324 e. The van der Waals surface area contributed by atoms with E-state index in [9.17, 15) is 22.0 Å². The van der Waals surface area contributed by atoms with Crippen molar-refractivity contribution in [1.82, 2.24) is 0 Å². The molecule has 0 aliphatic rings. The fraction of sp³-hybridized carbons (Fsp3) is 0.0500. The average Bonchev–Trinajstić information content (AvgIpc) is 2.70. The van der Waals surface area contributed by atoms with Gasteiger partial charge in [-0.2, -0.15) is 0 Å². The fourth-order valence-corrected chi connectivity index (χ4v) is 4.11. The van der Waals surface area contributed by atoms with Crippen LogP contribution in [0.15, 0.2) is 77.7 Å². The van der Waals surface area contributed by atoms with Crippen molar-refractivity contribution in [3.63, 3.8) is 0 Å². The van der Waals surface area contributed by atoms with Crippen molar-refractivity contribution >= 4 is 38.9 Å². The van der Waals surface area contributed by atoms with Crippen molar-refractivity contribution in [2.24, 2.45) is 0 Å². The summed E-state index contributed by atoms with van der Waals surface area (Å²) in [5.74, 6) is -2.92. The summed E-state index contributed by atoms with van der Waals surface area (Å²) >= 11 is 5.87. The Morgan fingerprint density at radius 3 is 2.21 bits per heavy atom. The molecular weight excluding hydrogens is 422 g/mol. The smallest absolute Gasteiger partial charge is 0.264 e. The molecule has 150 valence electrons. The summed E-state index contributed by atoms with van der Waals surface area (Å²) < 4.78 is 53.5. The van der Waals surface area contributed by atoms with E-state index in [-0.39, 0.29) is 16.3 Å². The van der Waals surface area contributed by atoms with Gasteiger partial charge in [0, 0.05) is 16.8 Å². The van der Waals surface area contributed by atoms with E-state index in [1.165, 1.54) is 42.5 Å². The predicted molar refractivity (Wildman–Crippen MR) is 107 cm³/mol. The van der Waals surface area contributed by atoms with Gasteiger partial charge in [-0.05, 0) is 48.5 Å². The molecule has 0 saturated heterocycles. The van der Waals surface area contributed by atoms with E-state index in [4.69, 9.17) is 11.6 Å². The third-order valence-corrected chi connectivity index (χ3v) is 5.98. The maximum atomic E-state index is 13.4. The number of nitrogens with zero attached hydrogens (tertiary/aromatic N) is 1. The molecular formula is C20H15ClF2N2O3S. The Bertz CT molecular complexity index is 1120. The van der Waals surface area contributed by atoms with Crippen LogP contribution in [-0.2, 0) is 14.8 Å². The number of carbonyl (C=O) groups is 1. The molecule has 0 heterocycles. The largest absolute Gasteiger partial charge is 0.324 e. The van der Waals surface area contributed by atoms with Gasteiger partial charge in [0.25, 0.3) is 10.0 Å². The summed E-state index contributed by atoms with van der Waals surface area (Å²) in [4.78, 5) is 12.5. The molecule has 0 bridgehead atoms. The summed E-state index contributed by atoms with van der Waals surface area (Å²) in [7, 11) is -4.07. The molecule has 0 saturated carbocycles. The van der Waals surface area contributed by atoms with Crippen LogP contribution in [-0.4, -0.2) is 20.9 Å². The SMILES string of the molecule is O=C(CN(c1ccc(Cl)cc1)S(=O)(=O)c1ccccc1)Nc1ccc(F)c(F)c1. The molecule has 1 N–H and O–H groups in total. The Kier molecular flexibility index (Phi) is 6.14. The van der Waals surface area contributed by atoms with Gasteiger partial charge in [-0.25, -0.2) is 17.2 Å². The molecule has 3 rings (SSSR count). The predicted octanol–water partition coefficient (Wildman–Crippen LogP) is 4.45. The second-order valence-corrected chi connectivity index (χ2v) is 8.28. The molecule has 5 nitrogen and oxygen atoms in total. The van der Waals surface area contributed by atoms with E-state index in [0.717, 1.165) is 16.4 Å². The molecule has 3 aromatic carbocycles. The summed E-state index contributed by atoms with van der Waals surface area (Å²) in [6, 6.07) is 16.4. The van der Waals surface area contributed by atoms with Crippen LogP contribution in [0.25, 0.3) is 0 Å². The molecule has 0 aromatic heterocycles. The van der Waals surface area contributed by atoms with Crippen molar-refractivity contribution in [3.8, 4) is 0 Å². The first-order valence-electron chi connectivity index (χ1n) is 8.35. The molecule has 0 fully saturated rings. The van der Waals surface area contributed by atoms with Gasteiger partial charge in [0.15, 0.2) is 11.6 Å². The van der Waals surface area contributed by atoms with Gasteiger partial charge < -0.3 is 5.32 Å². The number of carbonyl (C=O) groups excluding carboxylic acids is 1. The zero-order chi connectivity index (χ0) is 21.0. The molecule has 29 heavy (non-hydrogen) atoms. The fourth-order valence-electron chi connectivity index (χ4n) is 2.55. The topological polar surface area (TPSA) is 66.5 Å². The van der Waals surface area contributed by atoms with Crippen LogP contribution in [0.4, 0.5) is 20.2 Å². The molecule has 3 aromatic rings. The highest BCUT2D eigenvalue weighted by atomic mass is 35.5. The Labute approximate surface area is 171 Å². The van der Waals surface area contributed by atoms with Crippen molar-refractivity contribution in [2.45, 2.75) is 4.90 Å². The van der Waals surface area contributed by atoms with Crippen molar-refractivity contribution in [1.29, 1.82) is 0 Å². The standard InChI is InChI=1S/C20H15ClF2N2O3S/c21-14-6-9-16(10-7-14)25(29(27,28)17-4-2-1-3-5-17)13-20(26)24-15-8-11-18(22)19(23)12-15/h1-12H,13H2,(H,24,26). The van der Waals surface area contributed by atoms with Gasteiger partial charge in [0.1, 0.15) is 6.54 Å². The third-order valence-electron chi connectivity index (χ3n) is 3.94. The van der Waals surface area contributed by atoms with Gasteiger partial charge in [0.2, 0.25) is 5.91 Å². The average molecular weight is 437 g/mol. The van der Waals surface area contributed by atoms with E-state index in [0.29, 0.717) is 5.02 Å². The van der Waals surface area contributed by atoms with Gasteiger partial charge in [-0.15, -0.1) is 0 Å². The lowest BCUT2D eigenvalue weighted by Crippen LogP contribution is -2.38. The number of halogens is 3. The highest BCUT2D eigenvalue weighted by Crippen LogP contribution is 2.25. The van der Waals surface area contributed by atoms with Gasteiger partial charge >= 0.3 is 0 Å². The lowest BCUT2D eigenvalue weighted by Gasteiger charge is -2.24. The number of rotatable bonds is 6. The summed E-state index contributed by atoms with van der Waals surface area (Å²) in [5.41, 5.74) is 0.223. The number of anilines is 2. The summed E-state index contributed by atoms with van der Waals surface area (Å²) in [6.45, 7) is -0.585. The van der Waals surface area contributed by atoms with Crippen LogP contribution in [0.1, 0.15) is 0 Å². The van der Waals surface area contributed by atoms with Crippen molar-refractivity contribution < 1.29 is 22.0 Å². The van der Waals surface area contributed by atoms with Gasteiger partial charge in [-0.1, -0.05) is 29.8 Å². The first kappa shape index (κ1) is 20.8. The number of nitrogens with one attached hydrogen (secondary N) is 1. The van der Waals surface area contributed by atoms with E-state index in [1.807, 2.05) is 0 Å². The number of hydrogen-bond donors (Lipinski definition) is 1. The number of hydrogen-bond acceptors (Lipinski definition) is 3. The van der Waals surface area contributed by atoms with Gasteiger partial charge in [0.05, 0.1) is 10.6 Å². The van der Waals surface area contributed by atoms with Crippen LogP contribution in [0.3, 0.4) is 0 Å². The zero-order valence-electron chi connectivity index (χ0n) is 14.8. The second kappa shape index (κ2) is 8.59. The Hall–Kier alpha value is -2.97. The molecule has 0 radical (unpaired) electrons. The van der Waals surface area contributed by atoms with E-state index < -0.39 is 34.1 Å². The number of sulfonamides is 1. The third kappa shape index (κ3) is 4.90. The molecule has 0 aliphatic heterocycles. The first-order valence-corrected chi connectivity index (χ1v) is 10.2. The first-order chi connectivity index (χ1) is 13.8. The van der Waals surface area contributed by atoms with E-state index in [2.05, 4.69) is 5.32 Å². The molecule has 0 unspecified atom stereocenters. The Morgan fingerprint density at radius 2 is 1.59 bits per heavy atom. The molecule has 0 atom stereocenters. The van der Waals surface area contributed by atoms with Crippen LogP contribution < -0.4 is 9.62 Å². The Morgan fingerprint density at radius 1 is 0.931 bits per heavy atom. The minimum atomic E-state index is -4.07. The lowest BCUT2D eigenvalue weighted by molar-refractivity contribution is -0.114.